The Morgan fingerprint density at radius 1 is 0.906 bits per heavy atom. The van der Waals surface area contributed by atoms with E-state index >= 15 is 0 Å². The number of hydrogen-bond donors (Lipinski definition) is 3. The maximum atomic E-state index is 12.6. The number of rotatable bonds is 19. The molecule has 1 aliphatic heterocycles. The Morgan fingerprint density at radius 2 is 1.44 bits per heavy atom. The quantitative estimate of drug-likeness (QED) is 0.233. The highest BCUT2D eigenvalue weighted by Gasteiger charge is 2.30. The molecule has 0 radical (unpaired) electrons. The molecule has 32 heavy (non-hydrogen) atoms. The van der Waals surface area contributed by atoms with Crippen LogP contribution in [0.5, 0.6) is 0 Å². The van der Waals surface area contributed by atoms with Crippen molar-refractivity contribution >= 4 is 11.8 Å². The van der Waals surface area contributed by atoms with Gasteiger partial charge in [0.2, 0.25) is 11.8 Å². The topological polar surface area (TPSA) is 87.7 Å². The number of unbranched alkanes of at least 4 members (excludes halogenated alkanes) is 12. The van der Waals surface area contributed by atoms with E-state index in [1.54, 1.807) is 0 Å². The van der Waals surface area contributed by atoms with Crippen molar-refractivity contribution < 1.29 is 19.4 Å². The Labute approximate surface area is 196 Å². The van der Waals surface area contributed by atoms with Crippen LogP contribution in [-0.4, -0.2) is 41.9 Å². The van der Waals surface area contributed by atoms with E-state index in [-0.39, 0.29) is 17.7 Å². The van der Waals surface area contributed by atoms with Gasteiger partial charge in [0.1, 0.15) is 6.04 Å². The van der Waals surface area contributed by atoms with E-state index in [0.29, 0.717) is 25.9 Å². The van der Waals surface area contributed by atoms with Gasteiger partial charge in [0.25, 0.3) is 0 Å². The highest BCUT2D eigenvalue weighted by atomic mass is 16.6. The second-order valence-corrected chi connectivity index (χ2v) is 9.91. The molecule has 1 aliphatic rings. The first-order valence-corrected chi connectivity index (χ1v) is 13.3. The fourth-order valence-corrected chi connectivity index (χ4v) is 4.27. The molecule has 1 unspecified atom stereocenters. The summed E-state index contributed by atoms with van der Waals surface area (Å²) in [4.78, 5) is 25.0. The third kappa shape index (κ3) is 14.1. The number of amides is 2. The standard InChI is InChI=1S/C26H50N2O4/c1-4-5-6-7-8-9-10-11-12-13-14-15-16-17-24(29)27-23(20-21(2)3)25(30)28-22-18-19-32-26(22)31/h21-23,26,31H,4-20H2,1-3H3,(H,27,29)(H,28,30)/t22-,23-,26?/m0/s1. The lowest BCUT2D eigenvalue weighted by Crippen LogP contribution is -2.51. The average molecular weight is 455 g/mol. The number of nitrogens with one attached hydrogen (secondary N) is 2. The summed E-state index contributed by atoms with van der Waals surface area (Å²) >= 11 is 0. The van der Waals surface area contributed by atoms with Gasteiger partial charge in [-0.2, -0.15) is 0 Å². The number of carbonyl (C=O) groups excluding carboxylic acids is 2. The van der Waals surface area contributed by atoms with Gasteiger partial charge in [-0.1, -0.05) is 97.8 Å². The molecule has 0 spiro atoms. The van der Waals surface area contributed by atoms with Crippen LogP contribution in [-0.2, 0) is 14.3 Å². The van der Waals surface area contributed by atoms with Gasteiger partial charge in [0, 0.05) is 6.42 Å². The van der Waals surface area contributed by atoms with Crippen LogP contribution in [0.3, 0.4) is 0 Å². The summed E-state index contributed by atoms with van der Waals surface area (Å²) in [6, 6.07) is -0.951. The molecule has 0 bridgehead atoms. The molecule has 3 N–H and O–H groups in total. The summed E-state index contributed by atoms with van der Waals surface area (Å²) in [7, 11) is 0. The molecule has 3 atom stereocenters. The van der Waals surface area contributed by atoms with Crippen LogP contribution in [0.1, 0.15) is 124 Å². The lowest BCUT2D eigenvalue weighted by molar-refractivity contribution is -0.131. The Bertz CT molecular complexity index is 498. The van der Waals surface area contributed by atoms with Gasteiger partial charge in [-0.05, 0) is 25.2 Å². The van der Waals surface area contributed by atoms with E-state index in [1.165, 1.54) is 70.6 Å². The summed E-state index contributed by atoms with van der Waals surface area (Å²) in [6.45, 7) is 6.76. The monoisotopic (exact) mass is 454 g/mol. The largest absolute Gasteiger partial charge is 0.366 e. The van der Waals surface area contributed by atoms with Crippen LogP contribution < -0.4 is 10.6 Å². The van der Waals surface area contributed by atoms with Crippen molar-refractivity contribution in [2.45, 2.75) is 142 Å². The predicted octanol–water partition coefficient (Wildman–Crippen LogP) is 5.22. The van der Waals surface area contributed by atoms with E-state index in [2.05, 4.69) is 17.6 Å². The first-order chi connectivity index (χ1) is 15.4. The molecule has 0 aliphatic carbocycles. The summed E-state index contributed by atoms with van der Waals surface area (Å²) < 4.78 is 5.09. The third-order valence-corrected chi connectivity index (χ3v) is 6.26. The van der Waals surface area contributed by atoms with Crippen molar-refractivity contribution in [3.63, 3.8) is 0 Å². The molecule has 0 aromatic rings. The van der Waals surface area contributed by atoms with Crippen molar-refractivity contribution in [3.8, 4) is 0 Å². The average Bonchev–Trinajstić information content (AvgIpc) is 3.15. The molecule has 2 amide bonds. The van der Waals surface area contributed by atoms with E-state index in [0.717, 1.165) is 12.8 Å². The van der Waals surface area contributed by atoms with Crippen molar-refractivity contribution in [1.82, 2.24) is 10.6 Å². The van der Waals surface area contributed by atoms with Gasteiger partial charge in [0.15, 0.2) is 6.29 Å². The van der Waals surface area contributed by atoms with Crippen molar-refractivity contribution in [3.05, 3.63) is 0 Å². The number of aliphatic hydroxyl groups is 1. The second kappa shape index (κ2) is 18.3. The minimum absolute atomic E-state index is 0.0582. The fourth-order valence-electron chi connectivity index (χ4n) is 4.27. The molecule has 0 aromatic heterocycles. The first-order valence-electron chi connectivity index (χ1n) is 13.3. The zero-order valence-electron chi connectivity index (χ0n) is 21.0. The lowest BCUT2D eigenvalue weighted by atomic mass is 10.0. The van der Waals surface area contributed by atoms with E-state index in [1.807, 2.05) is 13.8 Å². The summed E-state index contributed by atoms with van der Waals surface area (Å²) in [5.41, 5.74) is 0. The van der Waals surface area contributed by atoms with Crippen molar-refractivity contribution in [2.75, 3.05) is 6.61 Å². The summed E-state index contributed by atoms with van der Waals surface area (Å²) in [5, 5.41) is 15.5. The van der Waals surface area contributed by atoms with Crippen LogP contribution >= 0.6 is 0 Å². The second-order valence-electron chi connectivity index (χ2n) is 9.91. The van der Waals surface area contributed by atoms with Crippen LogP contribution in [0, 0.1) is 5.92 Å². The lowest BCUT2D eigenvalue weighted by Gasteiger charge is -2.23. The molecule has 1 fully saturated rings. The maximum Gasteiger partial charge on any atom is 0.242 e. The van der Waals surface area contributed by atoms with Gasteiger partial charge in [-0.15, -0.1) is 0 Å². The van der Waals surface area contributed by atoms with Gasteiger partial charge in [-0.3, -0.25) is 9.59 Å². The van der Waals surface area contributed by atoms with E-state index in [4.69, 9.17) is 4.74 Å². The zero-order valence-corrected chi connectivity index (χ0v) is 21.0. The van der Waals surface area contributed by atoms with Crippen LogP contribution in [0.25, 0.3) is 0 Å². The van der Waals surface area contributed by atoms with Gasteiger partial charge in [0.05, 0.1) is 12.6 Å². The first kappa shape index (κ1) is 28.9. The van der Waals surface area contributed by atoms with E-state index < -0.39 is 18.4 Å². The number of ether oxygens (including phenoxy) is 1. The summed E-state index contributed by atoms with van der Waals surface area (Å²) in [5.74, 6) is -0.00352. The Kier molecular flexibility index (Phi) is 16.5. The molecular weight excluding hydrogens is 404 g/mol. The summed E-state index contributed by atoms with van der Waals surface area (Å²) in [6.07, 6.45) is 17.3. The zero-order chi connectivity index (χ0) is 23.6. The molecule has 0 aromatic carbocycles. The molecular formula is C26H50N2O4. The van der Waals surface area contributed by atoms with Crippen molar-refractivity contribution in [1.29, 1.82) is 0 Å². The van der Waals surface area contributed by atoms with Gasteiger partial charge < -0.3 is 20.5 Å². The van der Waals surface area contributed by atoms with Crippen LogP contribution in [0.2, 0.25) is 0 Å². The molecule has 1 saturated heterocycles. The Balaban J connectivity index is 2.10. The molecule has 6 heteroatoms. The fraction of sp³-hybridized carbons (Fsp3) is 0.923. The number of carbonyl (C=O) groups is 2. The molecule has 188 valence electrons. The SMILES string of the molecule is CCCCCCCCCCCCCCCC(=O)N[C@@H](CC(C)C)C(=O)N[C@H]1CCOC1O. The molecule has 1 rings (SSSR count). The number of hydrogen-bond acceptors (Lipinski definition) is 4. The van der Waals surface area contributed by atoms with Crippen LogP contribution in [0.4, 0.5) is 0 Å². The van der Waals surface area contributed by atoms with Gasteiger partial charge in [-0.25, -0.2) is 0 Å². The molecule has 0 saturated carbocycles. The van der Waals surface area contributed by atoms with E-state index in [9.17, 15) is 14.7 Å². The molecule has 6 nitrogen and oxygen atoms in total. The van der Waals surface area contributed by atoms with Crippen LogP contribution in [0.15, 0.2) is 0 Å². The maximum absolute atomic E-state index is 12.6. The minimum Gasteiger partial charge on any atom is -0.366 e. The normalized spacial score (nSPS) is 19.3. The highest BCUT2D eigenvalue weighted by molar-refractivity contribution is 5.87. The molecule has 1 heterocycles. The predicted molar refractivity (Wildman–Crippen MR) is 130 cm³/mol. The van der Waals surface area contributed by atoms with Crippen molar-refractivity contribution in [2.24, 2.45) is 5.92 Å². The highest BCUT2D eigenvalue weighted by Crippen LogP contribution is 2.14. The number of aliphatic hydroxyl groups excluding tert-OH is 1. The Morgan fingerprint density at radius 3 is 1.91 bits per heavy atom. The van der Waals surface area contributed by atoms with Gasteiger partial charge >= 0.3 is 0 Å². The smallest absolute Gasteiger partial charge is 0.242 e. The Hall–Kier alpha value is -1.14. The minimum atomic E-state index is -0.958. The third-order valence-electron chi connectivity index (χ3n) is 6.26.